The second-order valence-corrected chi connectivity index (χ2v) is 5.06. The van der Waals surface area contributed by atoms with Crippen molar-refractivity contribution in [3.8, 4) is 0 Å². The lowest BCUT2D eigenvalue weighted by Gasteiger charge is -2.12. The zero-order chi connectivity index (χ0) is 17.9. The maximum absolute atomic E-state index is 14.3. The van der Waals surface area contributed by atoms with E-state index in [1.54, 1.807) is 24.9 Å². The van der Waals surface area contributed by atoms with Crippen molar-refractivity contribution in [1.29, 1.82) is 0 Å². The monoisotopic (exact) mass is 336 g/mol. The highest BCUT2D eigenvalue weighted by Crippen LogP contribution is 2.27. The van der Waals surface area contributed by atoms with E-state index in [1.165, 1.54) is 0 Å². The summed E-state index contributed by atoms with van der Waals surface area (Å²) in [5.74, 6) is -1.72. The molecule has 1 heterocycles. The molecule has 1 aromatic heterocycles. The molecule has 0 bridgehead atoms. The van der Waals surface area contributed by atoms with Gasteiger partial charge in [-0.25, -0.2) is 9.18 Å². The van der Waals surface area contributed by atoms with Gasteiger partial charge in [-0.05, 0) is 13.8 Å². The van der Waals surface area contributed by atoms with Crippen LogP contribution in [0.4, 0.5) is 15.8 Å². The van der Waals surface area contributed by atoms with Gasteiger partial charge in [-0.1, -0.05) is 0 Å². The van der Waals surface area contributed by atoms with Crippen LogP contribution in [0.25, 0.3) is 0 Å². The van der Waals surface area contributed by atoms with Gasteiger partial charge >= 0.3 is 5.97 Å². The van der Waals surface area contributed by atoms with Crippen molar-refractivity contribution in [2.45, 2.75) is 20.4 Å². The summed E-state index contributed by atoms with van der Waals surface area (Å²) in [5.41, 5.74) is 0.818. The number of nitrogens with one attached hydrogen (secondary N) is 1. The Hall–Kier alpha value is -2.97. The van der Waals surface area contributed by atoms with Crippen molar-refractivity contribution in [3.63, 3.8) is 0 Å². The van der Waals surface area contributed by atoms with Gasteiger partial charge in [0.2, 0.25) is 0 Å². The topological polar surface area (TPSA) is 99.3 Å². The lowest BCUT2D eigenvalue weighted by molar-refractivity contribution is -0.385. The predicted molar refractivity (Wildman–Crippen MR) is 84.3 cm³/mol. The molecular formula is C15H17FN4O4. The third kappa shape index (κ3) is 3.50. The Morgan fingerprint density at radius 1 is 1.50 bits per heavy atom. The van der Waals surface area contributed by atoms with E-state index in [1.807, 2.05) is 6.92 Å². The van der Waals surface area contributed by atoms with Crippen LogP contribution < -0.4 is 5.32 Å². The number of hydrogen-bond acceptors (Lipinski definition) is 6. The average Bonchev–Trinajstić information content (AvgIpc) is 2.85. The number of rotatable bonds is 6. The molecule has 1 aromatic carbocycles. The van der Waals surface area contributed by atoms with E-state index in [0.29, 0.717) is 0 Å². The molecule has 2 aromatic rings. The highest BCUT2D eigenvalue weighted by Gasteiger charge is 2.22. The molecule has 0 aliphatic heterocycles. The third-order valence-electron chi connectivity index (χ3n) is 3.57. The van der Waals surface area contributed by atoms with E-state index in [0.717, 1.165) is 23.4 Å². The maximum atomic E-state index is 14.3. The first-order valence-corrected chi connectivity index (χ1v) is 7.21. The smallest absolute Gasteiger partial charge is 0.340 e. The number of benzene rings is 1. The Labute approximate surface area is 137 Å². The molecule has 0 aliphatic rings. The molecule has 128 valence electrons. The number of aromatic nitrogens is 2. The molecule has 0 atom stereocenters. The van der Waals surface area contributed by atoms with E-state index in [2.05, 4.69) is 10.4 Å². The van der Waals surface area contributed by atoms with Crippen molar-refractivity contribution >= 4 is 17.3 Å². The van der Waals surface area contributed by atoms with Gasteiger partial charge in [0.05, 0.1) is 35.0 Å². The van der Waals surface area contributed by atoms with Crippen LogP contribution in [0.3, 0.4) is 0 Å². The molecule has 24 heavy (non-hydrogen) atoms. The van der Waals surface area contributed by atoms with Crippen LogP contribution in [0.1, 0.15) is 28.5 Å². The van der Waals surface area contributed by atoms with E-state index in [4.69, 9.17) is 4.74 Å². The number of aryl methyl sites for hydroxylation is 1. The zero-order valence-corrected chi connectivity index (χ0v) is 13.5. The van der Waals surface area contributed by atoms with Gasteiger partial charge in [0.15, 0.2) is 5.82 Å². The van der Waals surface area contributed by atoms with Crippen LogP contribution in [0.5, 0.6) is 0 Å². The molecule has 0 radical (unpaired) electrons. The molecule has 9 heteroatoms. The molecular weight excluding hydrogens is 319 g/mol. The molecule has 0 fully saturated rings. The summed E-state index contributed by atoms with van der Waals surface area (Å²) < 4.78 is 20.8. The zero-order valence-electron chi connectivity index (χ0n) is 13.5. The molecule has 0 saturated heterocycles. The van der Waals surface area contributed by atoms with Crippen LogP contribution in [0, 0.1) is 22.9 Å². The molecule has 0 aliphatic carbocycles. The second kappa shape index (κ2) is 7.07. The number of nitrogens with zero attached hydrogens (tertiary/aromatic N) is 3. The number of carbonyl (C=O) groups is 1. The first-order chi connectivity index (χ1) is 11.3. The fraction of sp³-hybridized carbons (Fsp3) is 0.333. The van der Waals surface area contributed by atoms with E-state index in [-0.39, 0.29) is 24.4 Å². The third-order valence-corrected chi connectivity index (χ3v) is 3.57. The van der Waals surface area contributed by atoms with Crippen molar-refractivity contribution in [2.24, 2.45) is 7.05 Å². The number of nitro groups is 1. The fourth-order valence-corrected chi connectivity index (χ4v) is 2.15. The molecule has 0 spiro atoms. The number of anilines is 1. The molecule has 8 nitrogen and oxygen atoms in total. The summed E-state index contributed by atoms with van der Waals surface area (Å²) in [4.78, 5) is 22.1. The summed E-state index contributed by atoms with van der Waals surface area (Å²) in [7, 11) is 1.77. The highest BCUT2D eigenvalue weighted by atomic mass is 19.1. The molecule has 0 saturated carbocycles. The molecule has 0 amide bonds. The van der Waals surface area contributed by atoms with E-state index >= 15 is 0 Å². The number of ether oxygens (including phenoxy) is 1. The Morgan fingerprint density at radius 2 is 2.21 bits per heavy atom. The molecule has 1 N–H and O–H groups in total. The number of nitro benzene ring substituents is 1. The van der Waals surface area contributed by atoms with Crippen molar-refractivity contribution in [1.82, 2.24) is 9.78 Å². The van der Waals surface area contributed by atoms with Gasteiger partial charge in [-0.2, -0.15) is 5.10 Å². The fourth-order valence-electron chi connectivity index (χ4n) is 2.15. The van der Waals surface area contributed by atoms with Crippen LogP contribution in [-0.2, 0) is 18.3 Å². The van der Waals surface area contributed by atoms with Crippen molar-refractivity contribution < 1.29 is 18.8 Å². The van der Waals surface area contributed by atoms with Crippen LogP contribution >= 0.6 is 0 Å². The Bertz CT molecular complexity index is 788. The Kier molecular flexibility index (Phi) is 5.12. The average molecular weight is 336 g/mol. The van der Waals surface area contributed by atoms with Crippen LogP contribution in [-0.4, -0.2) is 27.3 Å². The van der Waals surface area contributed by atoms with Crippen LogP contribution in [0.15, 0.2) is 18.3 Å². The van der Waals surface area contributed by atoms with Crippen LogP contribution in [0.2, 0.25) is 0 Å². The highest BCUT2D eigenvalue weighted by molar-refractivity contribution is 5.96. The normalized spacial score (nSPS) is 10.5. The SMILES string of the molecule is CCOC(=O)c1cc([N+](=O)[O-])cc(F)c1NCc1cnn(C)c1C. The van der Waals surface area contributed by atoms with Gasteiger partial charge in [0.1, 0.15) is 0 Å². The number of hydrogen-bond donors (Lipinski definition) is 1. The standard InChI is InChI=1S/C15H17FN4O4/c1-4-24-15(21)12-5-11(20(22)23)6-13(16)14(12)17-7-10-8-18-19(3)9(10)2/h5-6,8,17H,4,7H2,1-3H3. The summed E-state index contributed by atoms with van der Waals surface area (Å²) in [6.45, 7) is 3.73. The van der Waals surface area contributed by atoms with E-state index in [9.17, 15) is 19.3 Å². The minimum atomic E-state index is -0.895. The van der Waals surface area contributed by atoms with E-state index < -0.39 is 22.4 Å². The second-order valence-electron chi connectivity index (χ2n) is 5.06. The lowest BCUT2D eigenvalue weighted by Crippen LogP contribution is -2.12. The quantitative estimate of drug-likeness (QED) is 0.494. The minimum absolute atomic E-state index is 0.0737. The molecule has 2 rings (SSSR count). The van der Waals surface area contributed by atoms with Gasteiger partial charge in [-0.15, -0.1) is 0 Å². The largest absolute Gasteiger partial charge is 0.462 e. The molecule has 0 unspecified atom stereocenters. The number of non-ortho nitro benzene ring substituents is 1. The van der Waals surface area contributed by atoms with Gasteiger partial charge in [0, 0.05) is 30.9 Å². The Morgan fingerprint density at radius 3 is 2.75 bits per heavy atom. The number of esters is 1. The van der Waals surface area contributed by atoms with Crippen molar-refractivity contribution in [2.75, 3.05) is 11.9 Å². The first-order valence-electron chi connectivity index (χ1n) is 7.21. The minimum Gasteiger partial charge on any atom is -0.462 e. The lowest BCUT2D eigenvalue weighted by atomic mass is 10.1. The van der Waals surface area contributed by atoms with Gasteiger partial charge < -0.3 is 10.1 Å². The number of halogens is 1. The summed E-state index contributed by atoms with van der Waals surface area (Å²) in [6.07, 6.45) is 1.62. The number of carbonyl (C=O) groups excluding carboxylic acids is 1. The summed E-state index contributed by atoms with van der Waals surface area (Å²) in [6, 6.07) is 1.76. The van der Waals surface area contributed by atoms with Gasteiger partial charge in [0.25, 0.3) is 5.69 Å². The van der Waals surface area contributed by atoms with Gasteiger partial charge in [-0.3, -0.25) is 14.8 Å². The maximum Gasteiger partial charge on any atom is 0.340 e. The van der Waals surface area contributed by atoms with Crippen molar-refractivity contribution in [3.05, 3.63) is 51.1 Å². The Balaban J connectivity index is 2.38. The predicted octanol–water partition coefficient (Wildman–Crippen LogP) is 2.56. The first kappa shape index (κ1) is 17.4. The summed E-state index contributed by atoms with van der Waals surface area (Å²) >= 11 is 0. The summed E-state index contributed by atoms with van der Waals surface area (Å²) in [5, 5.41) is 17.8.